The predicted octanol–water partition coefficient (Wildman–Crippen LogP) is 1.99. The number of ether oxygens (including phenoxy) is 1. The summed E-state index contributed by atoms with van der Waals surface area (Å²) >= 11 is 0. The lowest BCUT2D eigenvalue weighted by atomic mass is 9.90. The van der Waals surface area contributed by atoms with Gasteiger partial charge in [0.2, 0.25) is 0 Å². The Morgan fingerprint density at radius 1 is 1.41 bits per heavy atom. The molecule has 0 saturated carbocycles. The number of hydrogen-bond donors (Lipinski definition) is 0. The molecule has 0 aromatic heterocycles. The van der Waals surface area contributed by atoms with Gasteiger partial charge in [0, 0.05) is 0 Å². The van der Waals surface area contributed by atoms with Gasteiger partial charge in [-0.05, 0) is 53.6 Å². The Kier molecular flexibility index (Phi) is 5.88. The van der Waals surface area contributed by atoms with E-state index in [0.717, 1.165) is 17.9 Å². The molecule has 0 aromatic carbocycles. The number of carbonyl (C=O) groups is 3. The van der Waals surface area contributed by atoms with E-state index in [4.69, 9.17) is 4.74 Å². The van der Waals surface area contributed by atoms with Gasteiger partial charge in [-0.1, -0.05) is 6.08 Å². The van der Waals surface area contributed by atoms with Crippen molar-refractivity contribution in [3.05, 3.63) is 12.7 Å². The van der Waals surface area contributed by atoms with Crippen LogP contribution in [0.4, 0.5) is 4.79 Å². The van der Waals surface area contributed by atoms with Crippen molar-refractivity contribution in [3.63, 3.8) is 0 Å². The summed E-state index contributed by atoms with van der Waals surface area (Å²) in [5.74, 6) is -0.395. The second-order valence-corrected chi connectivity index (χ2v) is 6.61. The summed E-state index contributed by atoms with van der Waals surface area (Å²) in [6.07, 6.45) is 3.35. The van der Waals surface area contributed by atoms with Crippen LogP contribution in [0.3, 0.4) is 0 Å². The van der Waals surface area contributed by atoms with Gasteiger partial charge in [-0.3, -0.25) is 9.69 Å². The number of aldehydes is 1. The van der Waals surface area contributed by atoms with E-state index >= 15 is 0 Å². The minimum Gasteiger partial charge on any atom is -0.443 e. The van der Waals surface area contributed by atoms with Crippen LogP contribution in [0.2, 0.25) is 0 Å². The fraction of sp³-hybridized carbons (Fsp3) is 0.688. The number of imide groups is 1. The SMILES string of the molecule is C=CCC1(C(=O)N(CC=O)C(=O)OC(C)(C)C)CCCN1C. The highest BCUT2D eigenvalue weighted by atomic mass is 16.6. The summed E-state index contributed by atoms with van der Waals surface area (Å²) in [4.78, 5) is 39.0. The van der Waals surface area contributed by atoms with Gasteiger partial charge in [0.05, 0.1) is 6.54 Å². The summed E-state index contributed by atoms with van der Waals surface area (Å²) in [7, 11) is 1.85. The second kappa shape index (κ2) is 7.05. The summed E-state index contributed by atoms with van der Waals surface area (Å²) < 4.78 is 5.25. The standard InChI is InChI=1S/C16H26N2O4/c1-6-8-16(9-7-10-17(16)5)13(20)18(11-12-19)14(21)22-15(2,3)4/h6,12H,1,7-11H2,2-5H3. The Balaban J connectivity index is 3.07. The molecule has 1 heterocycles. The van der Waals surface area contributed by atoms with E-state index in [1.54, 1.807) is 26.8 Å². The van der Waals surface area contributed by atoms with E-state index in [0.29, 0.717) is 19.1 Å². The van der Waals surface area contributed by atoms with Crippen LogP contribution < -0.4 is 0 Å². The van der Waals surface area contributed by atoms with Gasteiger partial charge < -0.3 is 9.53 Å². The molecule has 124 valence electrons. The van der Waals surface area contributed by atoms with Crippen LogP contribution in [0.1, 0.15) is 40.0 Å². The molecule has 6 nitrogen and oxygen atoms in total. The molecular formula is C16H26N2O4. The molecule has 1 rings (SSSR count). The fourth-order valence-corrected chi connectivity index (χ4v) is 2.75. The Labute approximate surface area is 132 Å². The molecule has 1 aliphatic heterocycles. The van der Waals surface area contributed by atoms with Gasteiger partial charge in [-0.2, -0.15) is 0 Å². The highest BCUT2D eigenvalue weighted by Gasteiger charge is 2.48. The highest BCUT2D eigenvalue weighted by Crippen LogP contribution is 2.33. The molecule has 2 amide bonds. The van der Waals surface area contributed by atoms with E-state index in [1.165, 1.54) is 0 Å². The zero-order valence-electron chi connectivity index (χ0n) is 13.9. The first-order valence-electron chi connectivity index (χ1n) is 7.48. The number of amides is 2. The molecule has 1 atom stereocenters. The van der Waals surface area contributed by atoms with E-state index in [2.05, 4.69) is 6.58 Å². The van der Waals surface area contributed by atoms with Crippen LogP contribution in [-0.4, -0.2) is 59.4 Å². The fourth-order valence-electron chi connectivity index (χ4n) is 2.75. The largest absolute Gasteiger partial charge is 0.443 e. The van der Waals surface area contributed by atoms with Crippen LogP contribution in [0.25, 0.3) is 0 Å². The smallest absolute Gasteiger partial charge is 0.417 e. The number of carbonyl (C=O) groups excluding carboxylic acids is 3. The van der Waals surface area contributed by atoms with E-state index in [-0.39, 0.29) is 6.54 Å². The molecule has 0 aliphatic carbocycles. The first-order chi connectivity index (χ1) is 10.2. The minimum atomic E-state index is -0.818. The molecule has 1 saturated heterocycles. The predicted molar refractivity (Wildman–Crippen MR) is 83.4 cm³/mol. The third-order valence-electron chi connectivity index (χ3n) is 3.81. The molecule has 0 bridgehead atoms. The van der Waals surface area contributed by atoms with Gasteiger partial charge in [-0.15, -0.1) is 6.58 Å². The molecule has 0 N–H and O–H groups in total. The monoisotopic (exact) mass is 310 g/mol. The number of hydrogen-bond acceptors (Lipinski definition) is 5. The number of likely N-dealkylation sites (N-methyl/N-ethyl adjacent to an activating group) is 1. The van der Waals surface area contributed by atoms with Crippen molar-refractivity contribution in [1.82, 2.24) is 9.80 Å². The number of rotatable bonds is 5. The summed E-state index contributed by atoms with van der Waals surface area (Å²) in [6.45, 7) is 9.33. The molecule has 0 radical (unpaired) electrons. The van der Waals surface area contributed by atoms with Gasteiger partial charge in [0.25, 0.3) is 5.91 Å². The maximum absolute atomic E-state index is 13.0. The molecule has 0 spiro atoms. The molecule has 6 heteroatoms. The first-order valence-corrected chi connectivity index (χ1v) is 7.48. The topological polar surface area (TPSA) is 66.9 Å². The van der Waals surface area contributed by atoms with Gasteiger partial charge >= 0.3 is 6.09 Å². The maximum atomic E-state index is 13.0. The van der Waals surface area contributed by atoms with Crippen molar-refractivity contribution in [2.24, 2.45) is 0 Å². The van der Waals surface area contributed by atoms with Crippen molar-refractivity contribution in [2.45, 2.75) is 51.2 Å². The molecule has 1 fully saturated rings. The molecule has 0 aromatic rings. The van der Waals surface area contributed by atoms with E-state index in [9.17, 15) is 14.4 Å². The third kappa shape index (κ3) is 3.94. The molecule has 1 unspecified atom stereocenters. The Bertz CT molecular complexity index is 456. The second-order valence-electron chi connectivity index (χ2n) is 6.61. The highest BCUT2D eigenvalue weighted by molar-refractivity contribution is 5.99. The van der Waals surface area contributed by atoms with Crippen LogP contribution in [0.5, 0.6) is 0 Å². The quantitative estimate of drug-likeness (QED) is 0.574. The van der Waals surface area contributed by atoms with Gasteiger partial charge in [0.15, 0.2) is 0 Å². The van der Waals surface area contributed by atoms with Crippen molar-refractivity contribution in [1.29, 1.82) is 0 Å². The lowest BCUT2D eigenvalue weighted by Gasteiger charge is -2.37. The Morgan fingerprint density at radius 2 is 2.05 bits per heavy atom. The Morgan fingerprint density at radius 3 is 2.45 bits per heavy atom. The maximum Gasteiger partial charge on any atom is 0.417 e. The summed E-state index contributed by atoms with van der Waals surface area (Å²) in [5.41, 5.74) is -1.55. The van der Waals surface area contributed by atoms with Crippen LogP contribution in [0.15, 0.2) is 12.7 Å². The van der Waals surface area contributed by atoms with Crippen molar-refractivity contribution >= 4 is 18.3 Å². The average Bonchev–Trinajstić information content (AvgIpc) is 2.76. The normalized spacial score (nSPS) is 22.2. The molecule has 22 heavy (non-hydrogen) atoms. The molecular weight excluding hydrogens is 284 g/mol. The third-order valence-corrected chi connectivity index (χ3v) is 3.81. The average molecular weight is 310 g/mol. The van der Waals surface area contributed by atoms with Crippen molar-refractivity contribution < 1.29 is 19.1 Å². The first kappa shape index (κ1) is 18.4. The Hall–Kier alpha value is -1.69. The van der Waals surface area contributed by atoms with Crippen LogP contribution >= 0.6 is 0 Å². The van der Waals surface area contributed by atoms with E-state index in [1.807, 2.05) is 11.9 Å². The lowest BCUT2D eigenvalue weighted by molar-refractivity contribution is -0.142. The molecule has 1 aliphatic rings. The van der Waals surface area contributed by atoms with Gasteiger partial charge in [-0.25, -0.2) is 9.69 Å². The van der Waals surface area contributed by atoms with E-state index < -0.39 is 23.1 Å². The number of nitrogens with zero attached hydrogens (tertiary/aromatic N) is 2. The van der Waals surface area contributed by atoms with Crippen molar-refractivity contribution in [3.8, 4) is 0 Å². The summed E-state index contributed by atoms with van der Waals surface area (Å²) in [6, 6.07) is 0. The number of likely N-dealkylation sites (tertiary alicyclic amines) is 1. The minimum absolute atomic E-state index is 0.305. The van der Waals surface area contributed by atoms with Gasteiger partial charge in [0.1, 0.15) is 17.4 Å². The van der Waals surface area contributed by atoms with Crippen LogP contribution in [-0.2, 0) is 14.3 Å². The zero-order chi connectivity index (χ0) is 17.0. The summed E-state index contributed by atoms with van der Waals surface area (Å²) in [5, 5.41) is 0. The lowest BCUT2D eigenvalue weighted by Crippen LogP contribution is -2.57. The van der Waals surface area contributed by atoms with Crippen molar-refractivity contribution in [2.75, 3.05) is 20.1 Å². The van der Waals surface area contributed by atoms with Crippen LogP contribution in [0, 0.1) is 0 Å². The zero-order valence-corrected chi connectivity index (χ0v) is 13.9.